The molecule has 0 spiro atoms. The molecule has 1 N–H and O–H groups in total. The molecule has 1 aliphatic heterocycles. The molecule has 1 fully saturated rings. The van der Waals surface area contributed by atoms with Crippen molar-refractivity contribution in [3.05, 3.63) is 5.28 Å². The van der Waals surface area contributed by atoms with Gasteiger partial charge in [0, 0.05) is 6.54 Å². The molecule has 0 aromatic carbocycles. The molecule has 0 radical (unpaired) electrons. The number of hydrogen-bond acceptors (Lipinski definition) is 6. The number of aromatic nitrogens is 3. The van der Waals surface area contributed by atoms with Crippen LogP contribution in [-0.4, -0.2) is 53.1 Å². The summed E-state index contributed by atoms with van der Waals surface area (Å²) in [6, 6.07) is 0.267. The Bertz CT molecular complexity index is 448. The Morgan fingerprint density at radius 2 is 2.00 bits per heavy atom. The highest BCUT2D eigenvalue weighted by atomic mass is 35.5. The van der Waals surface area contributed by atoms with Gasteiger partial charge in [-0.2, -0.15) is 15.0 Å². The van der Waals surface area contributed by atoms with E-state index in [0.29, 0.717) is 12.6 Å². The monoisotopic (exact) mass is 299 g/mol. The summed E-state index contributed by atoms with van der Waals surface area (Å²) >= 11 is 5.87. The zero-order chi connectivity index (χ0) is 14.6. The van der Waals surface area contributed by atoms with Crippen LogP contribution in [0.2, 0.25) is 5.28 Å². The largest absolute Gasteiger partial charge is 0.464 e. The normalized spacial score (nSPS) is 18.8. The van der Waals surface area contributed by atoms with Crippen molar-refractivity contribution in [2.45, 2.75) is 26.7 Å². The van der Waals surface area contributed by atoms with E-state index in [9.17, 15) is 0 Å². The van der Waals surface area contributed by atoms with Gasteiger partial charge in [0.15, 0.2) is 0 Å². The third-order valence-electron chi connectivity index (χ3n) is 3.73. The van der Waals surface area contributed by atoms with Gasteiger partial charge < -0.3 is 15.0 Å². The highest BCUT2D eigenvalue weighted by Gasteiger charge is 2.28. The lowest BCUT2D eigenvalue weighted by Gasteiger charge is -2.37. The van der Waals surface area contributed by atoms with Crippen molar-refractivity contribution in [3.8, 4) is 6.01 Å². The maximum absolute atomic E-state index is 5.87. The van der Waals surface area contributed by atoms with E-state index >= 15 is 0 Å². The summed E-state index contributed by atoms with van der Waals surface area (Å²) in [5.74, 6) is 0.480. The second-order valence-electron chi connectivity index (χ2n) is 5.61. The first-order chi connectivity index (χ1) is 9.50. The van der Waals surface area contributed by atoms with Crippen LogP contribution in [0.25, 0.3) is 0 Å². The van der Waals surface area contributed by atoms with Crippen LogP contribution < -0.4 is 10.1 Å². The van der Waals surface area contributed by atoms with E-state index in [0.717, 1.165) is 32.5 Å². The summed E-state index contributed by atoms with van der Waals surface area (Å²) < 4.78 is 5.27. The van der Waals surface area contributed by atoms with Crippen molar-refractivity contribution in [1.82, 2.24) is 19.9 Å². The fourth-order valence-corrected chi connectivity index (χ4v) is 2.38. The van der Waals surface area contributed by atoms with E-state index in [1.54, 1.807) is 0 Å². The maximum Gasteiger partial charge on any atom is 0.322 e. The molecule has 0 bridgehead atoms. The van der Waals surface area contributed by atoms with Crippen LogP contribution in [-0.2, 0) is 0 Å². The summed E-state index contributed by atoms with van der Waals surface area (Å²) in [5, 5.41) is 3.42. The molecule has 0 saturated carbocycles. The summed E-state index contributed by atoms with van der Waals surface area (Å²) in [6.45, 7) is 7.75. The fraction of sp³-hybridized carbons (Fsp3) is 0.769. The lowest BCUT2D eigenvalue weighted by Crippen LogP contribution is -2.40. The molecule has 1 saturated heterocycles. The molecule has 112 valence electrons. The number of hydrogen-bond donors (Lipinski definition) is 1. The average Bonchev–Trinajstić information content (AvgIpc) is 2.40. The van der Waals surface area contributed by atoms with Crippen LogP contribution in [0.1, 0.15) is 26.7 Å². The van der Waals surface area contributed by atoms with Crippen molar-refractivity contribution in [2.75, 3.05) is 38.6 Å². The first-order valence-electron chi connectivity index (χ1n) is 6.97. The second-order valence-corrected chi connectivity index (χ2v) is 5.95. The van der Waals surface area contributed by atoms with Gasteiger partial charge >= 0.3 is 6.01 Å². The lowest BCUT2D eigenvalue weighted by atomic mass is 9.80. The Hall–Kier alpha value is -1.14. The van der Waals surface area contributed by atoms with Crippen LogP contribution in [0.5, 0.6) is 6.01 Å². The number of piperidine rings is 1. The Morgan fingerprint density at radius 1 is 1.30 bits per heavy atom. The summed E-state index contributed by atoms with van der Waals surface area (Å²) in [5.41, 5.74) is 0.261. The van der Waals surface area contributed by atoms with Crippen molar-refractivity contribution >= 4 is 17.5 Å². The highest BCUT2D eigenvalue weighted by molar-refractivity contribution is 6.28. The topological polar surface area (TPSA) is 63.2 Å². The molecular formula is C13H22ClN5O. The first-order valence-corrected chi connectivity index (χ1v) is 7.35. The van der Waals surface area contributed by atoms with Crippen LogP contribution in [0, 0.1) is 5.41 Å². The molecule has 2 heterocycles. The molecule has 0 amide bonds. The van der Waals surface area contributed by atoms with Gasteiger partial charge in [-0.05, 0) is 56.9 Å². The smallest absolute Gasteiger partial charge is 0.322 e. The number of ether oxygens (including phenoxy) is 1. The van der Waals surface area contributed by atoms with Gasteiger partial charge in [0.1, 0.15) is 0 Å². The molecule has 1 aromatic heterocycles. The summed E-state index contributed by atoms with van der Waals surface area (Å²) in [6.07, 6.45) is 2.32. The quantitative estimate of drug-likeness (QED) is 0.898. The highest BCUT2D eigenvalue weighted by Crippen LogP contribution is 2.30. The minimum absolute atomic E-state index is 0.152. The molecular weight excluding hydrogens is 278 g/mol. The predicted octanol–water partition coefficient (Wildman–Crippen LogP) is 2.07. The van der Waals surface area contributed by atoms with Gasteiger partial charge in [0.05, 0.1) is 6.61 Å². The number of rotatable bonds is 5. The van der Waals surface area contributed by atoms with Crippen molar-refractivity contribution < 1.29 is 4.74 Å². The molecule has 7 heteroatoms. The van der Waals surface area contributed by atoms with Gasteiger partial charge in [-0.1, -0.05) is 6.92 Å². The Labute approximate surface area is 124 Å². The molecule has 1 aromatic rings. The van der Waals surface area contributed by atoms with Crippen molar-refractivity contribution in [1.29, 1.82) is 0 Å². The third kappa shape index (κ3) is 4.18. The molecule has 0 unspecified atom stereocenters. The number of anilines is 1. The SMILES string of the molecule is CCOc1nc(Cl)nc(NCC2(C)CCN(C)CC2)n1. The minimum Gasteiger partial charge on any atom is -0.464 e. The fourth-order valence-electron chi connectivity index (χ4n) is 2.23. The second kappa shape index (κ2) is 6.54. The molecule has 20 heavy (non-hydrogen) atoms. The van der Waals surface area contributed by atoms with E-state index in [1.165, 1.54) is 0 Å². The van der Waals surface area contributed by atoms with E-state index in [2.05, 4.69) is 39.1 Å². The standard InChI is InChI=1S/C13H22ClN5O/c1-4-20-12-17-10(14)16-11(18-12)15-9-13(2)5-7-19(3)8-6-13/h4-9H2,1-3H3,(H,15,16,17,18). The number of nitrogens with one attached hydrogen (secondary N) is 1. The average molecular weight is 300 g/mol. The lowest BCUT2D eigenvalue weighted by molar-refractivity contribution is 0.150. The van der Waals surface area contributed by atoms with Gasteiger partial charge in [-0.15, -0.1) is 0 Å². The molecule has 6 nitrogen and oxygen atoms in total. The van der Waals surface area contributed by atoms with Crippen LogP contribution in [0.15, 0.2) is 0 Å². The van der Waals surface area contributed by atoms with Crippen LogP contribution in [0.3, 0.4) is 0 Å². The Morgan fingerprint density at radius 3 is 2.65 bits per heavy atom. The van der Waals surface area contributed by atoms with Crippen molar-refractivity contribution in [3.63, 3.8) is 0 Å². The molecule has 0 atom stereocenters. The van der Waals surface area contributed by atoms with Gasteiger partial charge in [0.25, 0.3) is 0 Å². The Balaban J connectivity index is 1.96. The van der Waals surface area contributed by atoms with E-state index in [-0.39, 0.29) is 16.7 Å². The number of halogens is 1. The molecule has 0 aliphatic carbocycles. The molecule has 1 aliphatic rings. The number of likely N-dealkylation sites (tertiary alicyclic amines) is 1. The van der Waals surface area contributed by atoms with E-state index in [1.807, 2.05) is 6.92 Å². The van der Waals surface area contributed by atoms with Gasteiger partial charge in [-0.3, -0.25) is 0 Å². The zero-order valence-electron chi connectivity index (χ0n) is 12.3. The van der Waals surface area contributed by atoms with Gasteiger partial charge in [-0.25, -0.2) is 0 Å². The van der Waals surface area contributed by atoms with Crippen molar-refractivity contribution in [2.24, 2.45) is 5.41 Å². The Kier molecular flexibility index (Phi) is 4.99. The summed E-state index contributed by atoms with van der Waals surface area (Å²) in [4.78, 5) is 14.6. The maximum atomic E-state index is 5.87. The number of nitrogens with zero attached hydrogens (tertiary/aromatic N) is 4. The van der Waals surface area contributed by atoms with Crippen LogP contribution >= 0.6 is 11.6 Å². The van der Waals surface area contributed by atoms with E-state index in [4.69, 9.17) is 16.3 Å². The first kappa shape index (κ1) is 15.3. The van der Waals surface area contributed by atoms with Crippen LogP contribution in [0.4, 0.5) is 5.95 Å². The zero-order valence-corrected chi connectivity index (χ0v) is 13.1. The minimum atomic E-state index is 0.152. The third-order valence-corrected chi connectivity index (χ3v) is 3.90. The predicted molar refractivity (Wildman–Crippen MR) is 79.3 cm³/mol. The molecule has 2 rings (SSSR count). The van der Waals surface area contributed by atoms with Gasteiger partial charge in [0.2, 0.25) is 11.2 Å². The summed E-state index contributed by atoms with van der Waals surface area (Å²) in [7, 11) is 2.16. The van der Waals surface area contributed by atoms with E-state index < -0.39 is 0 Å².